The normalized spacial score (nSPS) is 20.0. The van der Waals surface area contributed by atoms with Gasteiger partial charge in [0.2, 0.25) is 0 Å². The number of nitrogens with zero attached hydrogens (tertiary/aromatic N) is 2. The van der Waals surface area contributed by atoms with Crippen LogP contribution in [-0.4, -0.2) is 62.7 Å². The van der Waals surface area contributed by atoms with Gasteiger partial charge in [0.1, 0.15) is 12.4 Å². The van der Waals surface area contributed by atoms with Gasteiger partial charge in [0.25, 0.3) is 0 Å². The fourth-order valence-electron chi connectivity index (χ4n) is 2.98. The average molecular weight is 492 g/mol. The van der Waals surface area contributed by atoms with E-state index in [1.54, 1.807) is 0 Å². The van der Waals surface area contributed by atoms with Crippen LogP contribution in [0.4, 0.5) is 0 Å². The van der Waals surface area contributed by atoms with E-state index in [0.29, 0.717) is 19.2 Å². The number of para-hydroxylation sites is 1. The summed E-state index contributed by atoms with van der Waals surface area (Å²) < 4.78 is 5.93. The summed E-state index contributed by atoms with van der Waals surface area (Å²) in [4.78, 5) is 6.49. The van der Waals surface area contributed by atoms with Crippen molar-refractivity contribution in [3.63, 3.8) is 0 Å². The van der Waals surface area contributed by atoms with E-state index in [2.05, 4.69) is 46.9 Å². The van der Waals surface area contributed by atoms with E-state index >= 15 is 0 Å². The third-order valence-electron chi connectivity index (χ3n) is 4.50. The van der Waals surface area contributed by atoms with Gasteiger partial charge in [0.05, 0.1) is 0 Å². The van der Waals surface area contributed by atoms with Crippen LogP contribution >= 0.6 is 35.7 Å². The molecule has 2 atom stereocenters. The fourth-order valence-corrected chi connectivity index (χ4v) is 3.78. The molecule has 1 fully saturated rings. The van der Waals surface area contributed by atoms with Gasteiger partial charge in [-0.25, -0.2) is 0 Å². The molecule has 1 saturated carbocycles. The number of rotatable bonds is 8. The Hall–Kier alpha value is -0.670. The quantitative estimate of drug-likeness (QED) is 0.332. The molecule has 0 aromatic heterocycles. The standard InChI is InChI=1S/C19H32N4OS.HI/c1-20-19(22-16-9-10-17(13-16)25-4)21-14-15-7-5-6-8-18(15)24-12-11-23(2)3;/h5-8,16-17H,9-14H2,1-4H3,(H2,20,21,22);1H. The third-order valence-corrected chi connectivity index (χ3v) is 5.59. The first-order chi connectivity index (χ1) is 12.1. The summed E-state index contributed by atoms with van der Waals surface area (Å²) in [6, 6.07) is 8.72. The van der Waals surface area contributed by atoms with Gasteiger partial charge in [-0.2, -0.15) is 11.8 Å². The van der Waals surface area contributed by atoms with E-state index < -0.39 is 0 Å². The largest absolute Gasteiger partial charge is 0.492 e. The average Bonchev–Trinajstić information content (AvgIpc) is 3.07. The molecule has 0 aliphatic heterocycles. The van der Waals surface area contributed by atoms with Crippen LogP contribution in [0.5, 0.6) is 5.75 Å². The van der Waals surface area contributed by atoms with Crippen LogP contribution in [-0.2, 0) is 6.54 Å². The molecule has 7 heteroatoms. The summed E-state index contributed by atoms with van der Waals surface area (Å²) in [5.41, 5.74) is 1.15. The van der Waals surface area contributed by atoms with Gasteiger partial charge >= 0.3 is 0 Å². The minimum Gasteiger partial charge on any atom is -0.492 e. The lowest BCUT2D eigenvalue weighted by Crippen LogP contribution is -2.42. The number of likely N-dealkylation sites (N-methyl/N-ethyl adjacent to an activating group) is 1. The van der Waals surface area contributed by atoms with Crippen LogP contribution in [0.2, 0.25) is 0 Å². The summed E-state index contributed by atoms with van der Waals surface area (Å²) in [6.07, 6.45) is 5.92. The van der Waals surface area contributed by atoms with Gasteiger partial charge in [-0.3, -0.25) is 4.99 Å². The topological polar surface area (TPSA) is 48.9 Å². The van der Waals surface area contributed by atoms with Gasteiger partial charge < -0.3 is 20.3 Å². The summed E-state index contributed by atoms with van der Waals surface area (Å²) in [5.74, 6) is 1.81. The van der Waals surface area contributed by atoms with Gasteiger partial charge in [0, 0.05) is 37.0 Å². The predicted molar refractivity (Wildman–Crippen MR) is 124 cm³/mol. The van der Waals surface area contributed by atoms with Crippen molar-refractivity contribution >= 4 is 41.7 Å². The van der Waals surface area contributed by atoms with Crippen LogP contribution in [0.15, 0.2) is 29.3 Å². The first-order valence-corrected chi connectivity index (χ1v) is 10.3. The van der Waals surface area contributed by atoms with Gasteiger partial charge in [-0.15, -0.1) is 24.0 Å². The maximum absolute atomic E-state index is 5.93. The highest BCUT2D eigenvalue weighted by Crippen LogP contribution is 2.28. The molecule has 0 saturated heterocycles. The highest BCUT2D eigenvalue weighted by Gasteiger charge is 2.24. The van der Waals surface area contributed by atoms with Gasteiger partial charge in [0.15, 0.2) is 5.96 Å². The maximum atomic E-state index is 5.93. The van der Waals surface area contributed by atoms with E-state index in [1.165, 1.54) is 19.3 Å². The Morgan fingerprint density at radius 3 is 2.73 bits per heavy atom. The van der Waals surface area contributed by atoms with Crippen molar-refractivity contribution in [3.8, 4) is 5.75 Å². The molecule has 0 amide bonds. The Morgan fingerprint density at radius 2 is 2.08 bits per heavy atom. The van der Waals surface area contributed by atoms with E-state index in [4.69, 9.17) is 4.74 Å². The Bertz CT molecular complexity index is 556. The number of guanidine groups is 1. The monoisotopic (exact) mass is 492 g/mol. The van der Waals surface area contributed by atoms with Crippen molar-refractivity contribution in [3.05, 3.63) is 29.8 Å². The molecule has 2 unspecified atom stereocenters. The molecule has 26 heavy (non-hydrogen) atoms. The summed E-state index contributed by atoms with van der Waals surface area (Å²) in [6.45, 7) is 2.30. The summed E-state index contributed by atoms with van der Waals surface area (Å²) in [7, 11) is 5.93. The molecule has 1 aromatic carbocycles. The maximum Gasteiger partial charge on any atom is 0.191 e. The molecule has 0 radical (unpaired) electrons. The van der Waals surface area contributed by atoms with Crippen LogP contribution in [0.3, 0.4) is 0 Å². The number of thioether (sulfide) groups is 1. The Kier molecular flexibility index (Phi) is 11.4. The van der Waals surface area contributed by atoms with Crippen LogP contribution in [0.1, 0.15) is 24.8 Å². The second kappa shape index (κ2) is 12.7. The molecule has 0 heterocycles. The third kappa shape index (κ3) is 7.92. The SMILES string of the molecule is CN=C(NCc1ccccc1OCCN(C)C)NC1CCC(SC)C1.I. The van der Waals surface area contributed by atoms with Crippen molar-refractivity contribution in [2.75, 3.05) is 40.6 Å². The number of benzene rings is 1. The number of halogens is 1. The van der Waals surface area contributed by atoms with Crippen LogP contribution in [0.25, 0.3) is 0 Å². The second-order valence-corrected chi connectivity index (χ2v) is 7.84. The number of hydrogen-bond donors (Lipinski definition) is 2. The molecular weight excluding hydrogens is 459 g/mol. The minimum absolute atomic E-state index is 0. The number of hydrogen-bond acceptors (Lipinski definition) is 4. The number of nitrogens with one attached hydrogen (secondary N) is 2. The Labute approximate surface area is 179 Å². The summed E-state index contributed by atoms with van der Waals surface area (Å²) in [5, 5.41) is 7.76. The number of ether oxygens (including phenoxy) is 1. The Morgan fingerprint density at radius 1 is 1.31 bits per heavy atom. The molecule has 0 spiro atoms. The highest BCUT2D eigenvalue weighted by molar-refractivity contribution is 14.0. The molecule has 0 bridgehead atoms. The lowest BCUT2D eigenvalue weighted by atomic mass is 10.2. The molecular formula is C19H33IN4OS. The molecule has 1 aliphatic rings. The minimum atomic E-state index is 0. The molecule has 1 aliphatic carbocycles. The summed E-state index contributed by atoms with van der Waals surface area (Å²) >= 11 is 1.97. The van der Waals surface area contributed by atoms with Crippen LogP contribution < -0.4 is 15.4 Å². The van der Waals surface area contributed by atoms with E-state index in [0.717, 1.165) is 29.1 Å². The second-order valence-electron chi connectivity index (χ2n) is 6.70. The zero-order chi connectivity index (χ0) is 18.1. The first kappa shape index (κ1) is 23.4. The zero-order valence-corrected chi connectivity index (χ0v) is 19.5. The van der Waals surface area contributed by atoms with Crippen molar-refractivity contribution in [1.82, 2.24) is 15.5 Å². The van der Waals surface area contributed by atoms with Crippen molar-refractivity contribution < 1.29 is 4.74 Å². The molecule has 5 nitrogen and oxygen atoms in total. The zero-order valence-electron chi connectivity index (χ0n) is 16.3. The van der Waals surface area contributed by atoms with Crippen molar-refractivity contribution in [2.24, 2.45) is 4.99 Å². The highest BCUT2D eigenvalue weighted by atomic mass is 127. The molecule has 2 rings (SSSR count). The lowest BCUT2D eigenvalue weighted by molar-refractivity contribution is 0.259. The van der Waals surface area contributed by atoms with Crippen LogP contribution in [0, 0.1) is 0 Å². The van der Waals surface area contributed by atoms with E-state index in [9.17, 15) is 0 Å². The smallest absolute Gasteiger partial charge is 0.191 e. The van der Waals surface area contributed by atoms with E-state index in [1.807, 2.05) is 37.0 Å². The van der Waals surface area contributed by atoms with Gasteiger partial charge in [-0.1, -0.05) is 18.2 Å². The first-order valence-electron chi connectivity index (χ1n) is 8.97. The predicted octanol–water partition coefficient (Wildman–Crippen LogP) is 3.19. The molecule has 2 N–H and O–H groups in total. The van der Waals surface area contributed by atoms with Crippen molar-refractivity contribution in [1.29, 1.82) is 0 Å². The molecule has 148 valence electrons. The fraction of sp³-hybridized carbons (Fsp3) is 0.632. The lowest BCUT2D eigenvalue weighted by Gasteiger charge is -2.18. The molecule has 1 aromatic rings. The number of aliphatic imine (C=N–C) groups is 1. The Balaban J connectivity index is 0.00000338. The van der Waals surface area contributed by atoms with Crippen molar-refractivity contribution in [2.45, 2.75) is 37.1 Å². The van der Waals surface area contributed by atoms with E-state index in [-0.39, 0.29) is 24.0 Å². The van der Waals surface area contributed by atoms with Gasteiger partial charge in [-0.05, 0) is 45.7 Å².